The van der Waals surface area contributed by atoms with E-state index in [9.17, 15) is 0 Å². The Bertz CT molecular complexity index is 301. The lowest BCUT2D eigenvalue weighted by molar-refractivity contribution is 0.274. The van der Waals surface area contributed by atoms with Gasteiger partial charge in [-0.05, 0) is 34.1 Å². The maximum absolute atomic E-state index is 5.20. The van der Waals surface area contributed by atoms with Crippen LogP contribution in [0.25, 0.3) is 0 Å². The van der Waals surface area contributed by atoms with E-state index >= 15 is 0 Å². The van der Waals surface area contributed by atoms with Crippen molar-refractivity contribution in [2.75, 3.05) is 0 Å². The second kappa shape index (κ2) is 4.75. The smallest absolute Gasteiger partial charge is 0.243 e. The molecule has 0 aliphatic carbocycles. The van der Waals surface area contributed by atoms with Gasteiger partial charge in [0, 0.05) is 5.54 Å². The third-order valence-corrected chi connectivity index (χ3v) is 2.03. The van der Waals surface area contributed by atoms with Gasteiger partial charge in [0.2, 0.25) is 5.89 Å². The van der Waals surface area contributed by atoms with E-state index in [4.69, 9.17) is 4.52 Å². The van der Waals surface area contributed by atoms with Crippen LogP contribution in [0.5, 0.6) is 0 Å². The molecule has 0 aliphatic heterocycles. The van der Waals surface area contributed by atoms with Gasteiger partial charge in [-0.3, -0.25) is 0 Å². The molecule has 86 valence electrons. The molecule has 0 aliphatic rings. The second-order valence-electron chi connectivity index (χ2n) is 4.92. The Balaban J connectivity index is 2.74. The van der Waals surface area contributed by atoms with Gasteiger partial charge >= 0.3 is 0 Å². The summed E-state index contributed by atoms with van der Waals surface area (Å²) in [7, 11) is 0. The summed E-state index contributed by atoms with van der Waals surface area (Å²) in [6, 6.07) is 0.163. The zero-order valence-corrected chi connectivity index (χ0v) is 10.3. The average Bonchev–Trinajstić information content (AvgIpc) is 2.48. The molecule has 1 heterocycles. The van der Waals surface area contributed by atoms with E-state index in [1.165, 1.54) is 0 Å². The highest BCUT2D eigenvalue weighted by molar-refractivity contribution is 4.93. The summed E-state index contributed by atoms with van der Waals surface area (Å²) in [4.78, 5) is 4.27. The van der Waals surface area contributed by atoms with Crippen LogP contribution in [0.4, 0.5) is 0 Å². The maximum Gasteiger partial charge on any atom is 0.243 e. The number of aryl methyl sites for hydroxylation is 1. The van der Waals surface area contributed by atoms with Crippen molar-refractivity contribution in [1.29, 1.82) is 0 Å². The maximum atomic E-state index is 5.20. The predicted octanol–water partition coefficient (Wildman–Crippen LogP) is 2.61. The van der Waals surface area contributed by atoms with Gasteiger partial charge in [-0.2, -0.15) is 4.98 Å². The highest BCUT2D eigenvalue weighted by Gasteiger charge is 2.22. The number of hydrogen-bond donors (Lipinski definition) is 1. The van der Waals surface area contributed by atoms with Crippen molar-refractivity contribution in [2.45, 2.75) is 59.0 Å². The summed E-state index contributed by atoms with van der Waals surface area (Å²) in [6.45, 7) is 10.4. The Kier molecular flexibility index (Phi) is 3.85. The third-order valence-electron chi connectivity index (χ3n) is 2.03. The van der Waals surface area contributed by atoms with Gasteiger partial charge in [-0.15, -0.1) is 0 Å². The topological polar surface area (TPSA) is 51.0 Å². The number of nitrogens with zero attached hydrogens (tertiary/aromatic N) is 2. The molecule has 0 unspecified atom stereocenters. The summed E-state index contributed by atoms with van der Waals surface area (Å²) in [5, 5.41) is 7.31. The molecule has 0 fully saturated rings. The van der Waals surface area contributed by atoms with Gasteiger partial charge < -0.3 is 9.84 Å². The third kappa shape index (κ3) is 4.00. The number of hydrogen-bond acceptors (Lipinski definition) is 4. The number of rotatable bonds is 4. The number of aromatic nitrogens is 2. The van der Waals surface area contributed by atoms with Crippen molar-refractivity contribution in [3.8, 4) is 0 Å². The normalized spacial score (nSPS) is 14.2. The molecular formula is C11H21N3O. The molecule has 0 bridgehead atoms. The molecule has 1 aromatic heterocycles. The highest BCUT2D eigenvalue weighted by atomic mass is 16.5. The van der Waals surface area contributed by atoms with Gasteiger partial charge in [0.05, 0.1) is 6.04 Å². The monoisotopic (exact) mass is 211 g/mol. The van der Waals surface area contributed by atoms with Crippen LogP contribution in [0.2, 0.25) is 0 Å². The molecular weight excluding hydrogens is 190 g/mol. The molecule has 15 heavy (non-hydrogen) atoms. The minimum absolute atomic E-state index is 0.0577. The SMILES string of the molecule is CCC[C@H](NC(C)(C)C)c1nc(C)no1. The van der Waals surface area contributed by atoms with Crippen LogP contribution in [-0.4, -0.2) is 15.7 Å². The van der Waals surface area contributed by atoms with E-state index in [0.717, 1.165) is 12.8 Å². The summed E-state index contributed by atoms with van der Waals surface area (Å²) in [6.07, 6.45) is 2.11. The van der Waals surface area contributed by atoms with Crippen LogP contribution in [0.15, 0.2) is 4.52 Å². The first-order chi connectivity index (χ1) is 6.92. The van der Waals surface area contributed by atoms with Crippen molar-refractivity contribution in [3.05, 3.63) is 11.7 Å². The fourth-order valence-electron chi connectivity index (χ4n) is 1.52. The molecule has 1 N–H and O–H groups in total. The fourth-order valence-corrected chi connectivity index (χ4v) is 1.52. The van der Waals surface area contributed by atoms with Crippen LogP contribution in [-0.2, 0) is 0 Å². The first-order valence-corrected chi connectivity index (χ1v) is 5.50. The lowest BCUT2D eigenvalue weighted by atomic mass is 10.0. The Morgan fingerprint density at radius 2 is 2.07 bits per heavy atom. The van der Waals surface area contributed by atoms with Crippen LogP contribution in [0, 0.1) is 6.92 Å². The second-order valence-corrected chi connectivity index (χ2v) is 4.92. The lowest BCUT2D eigenvalue weighted by Crippen LogP contribution is -2.39. The largest absolute Gasteiger partial charge is 0.338 e. The molecule has 4 heteroatoms. The van der Waals surface area contributed by atoms with Crippen LogP contribution >= 0.6 is 0 Å². The van der Waals surface area contributed by atoms with Crippen molar-refractivity contribution in [3.63, 3.8) is 0 Å². The summed E-state index contributed by atoms with van der Waals surface area (Å²) < 4.78 is 5.20. The molecule has 0 spiro atoms. The van der Waals surface area contributed by atoms with E-state index in [1.54, 1.807) is 0 Å². The van der Waals surface area contributed by atoms with E-state index in [1.807, 2.05) is 6.92 Å². The van der Waals surface area contributed by atoms with Gasteiger partial charge in [-0.1, -0.05) is 18.5 Å². The first-order valence-electron chi connectivity index (χ1n) is 5.50. The number of nitrogens with one attached hydrogen (secondary N) is 1. The van der Waals surface area contributed by atoms with Crippen molar-refractivity contribution in [1.82, 2.24) is 15.5 Å². The summed E-state index contributed by atoms with van der Waals surface area (Å²) in [5.41, 5.74) is 0.0577. The zero-order chi connectivity index (χ0) is 11.5. The van der Waals surface area contributed by atoms with Crippen molar-refractivity contribution in [2.24, 2.45) is 0 Å². The Morgan fingerprint density at radius 1 is 1.40 bits per heavy atom. The van der Waals surface area contributed by atoms with Crippen molar-refractivity contribution >= 4 is 0 Å². The Hall–Kier alpha value is -0.900. The summed E-state index contributed by atoms with van der Waals surface area (Å²) in [5.74, 6) is 1.39. The van der Waals surface area contributed by atoms with Gasteiger partial charge in [0.1, 0.15) is 0 Å². The Labute approximate surface area is 91.5 Å². The molecule has 1 rings (SSSR count). The van der Waals surface area contributed by atoms with E-state index in [-0.39, 0.29) is 11.6 Å². The van der Waals surface area contributed by atoms with Crippen LogP contribution in [0.3, 0.4) is 0 Å². The minimum atomic E-state index is 0.0577. The van der Waals surface area contributed by atoms with E-state index in [2.05, 4.69) is 43.2 Å². The molecule has 4 nitrogen and oxygen atoms in total. The molecule has 1 atom stereocenters. The fraction of sp³-hybridized carbons (Fsp3) is 0.818. The lowest BCUT2D eigenvalue weighted by Gasteiger charge is -2.26. The van der Waals surface area contributed by atoms with Crippen LogP contribution in [0.1, 0.15) is 58.3 Å². The molecule has 0 saturated carbocycles. The molecule has 1 aromatic rings. The summed E-state index contributed by atoms with van der Waals surface area (Å²) >= 11 is 0. The Morgan fingerprint density at radius 3 is 2.47 bits per heavy atom. The average molecular weight is 211 g/mol. The van der Waals surface area contributed by atoms with Gasteiger partial charge in [0.25, 0.3) is 0 Å². The van der Waals surface area contributed by atoms with E-state index in [0.29, 0.717) is 11.7 Å². The van der Waals surface area contributed by atoms with E-state index < -0.39 is 0 Å². The molecule has 0 saturated heterocycles. The standard InChI is InChI=1S/C11H21N3O/c1-6-7-9(13-11(3,4)5)10-12-8(2)14-15-10/h9,13H,6-7H2,1-5H3/t9-/m0/s1. The van der Waals surface area contributed by atoms with Gasteiger partial charge in [-0.25, -0.2) is 0 Å². The molecule has 0 amide bonds. The van der Waals surface area contributed by atoms with Gasteiger partial charge in [0.15, 0.2) is 5.82 Å². The quantitative estimate of drug-likeness (QED) is 0.831. The highest BCUT2D eigenvalue weighted by Crippen LogP contribution is 2.19. The first kappa shape index (κ1) is 12.2. The predicted molar refractivity (Wildman–Crippen MR) is 59.6 cm³/mol. The van der Waals surface area contributed by atoms with Crippen LogP contribution < -0.4 is 5.32 Å². The van der Waals surface area contributed by atoms with Crippen molar-refractivity contribution < 1.29 is 4.52 Å². The molecule has 0 radical (unpaired) electrons. The molecule has 0 aromatic carbocycles. The zero-order valence-electron chi connectivity index (χ0n) is 10.3. The minimum Gasteiger partial charge on any atom is -0.338 e.